The molecule has 1 saturated carbocycles. The molecule has 2 heteroatoms. The van der Waals surface area contributed by atoms with E-state index in [4.69, 9.17) is 0 Å². The summed E-state index contributed by atoms with van der Waals surface area (Å²) < 4.78 is 0. The van der Waals surface area contributed by atoms with E-state index in [1.807, 2.05) is 0 Å². The second-order valence-electron chi connectivity index (χ2n) is 5.77. The molecule has 18 heavy (non-hydrogen) atoms. The molecule has 1 fully saturated rings. The summed E-state index contributed by atoms with van der Waals surface area (Å²) in [5.41, 5.74) is 2.54. The van der Waals surface area contributed by atoms with Crippen molar-refractivity contribution in [1.82, 2.24) is 0 Å². The molecule has 100 valence electrons. The van der Waals surface area contributed by atoms with E-state index >= 15 is 0 Å². The largest absolute Gasteiger partial charge is 0.393 e. The molecule has 2 rings (SSSR count). The van der Waals surface area contributed by atoms with E-state index in [0.717, 1.165) is 25.1 Å². The van der Waals surface area contributed by atoms with E-state index in [1.165, 1.54) is 18.4 Å². The van der Waals surface area contributed by atoms with E-state index in [-0.39, 0.29) is 6.10 Å². The number of aliphatic hydroxyl groups excluding tert-OH is 1. The molecule has 0 aromatic heterocycles. The summed E-state index contributed by atoms with van der Waals surface area (Å²) in [5.74, 6) is 1.00. The number of hydrogen-bond donors (Lipinski definition) is 2. The van der Waals surface area contributed by atoms with Gasteiger partial charge >= 0.3 is 0 Å². The fourth-order valence-corrected chi connectivity index (χ4v) is 2.66. The van der Waals surface area contributed by atoms with Crippen molar-refractivity contribution in [3.05, 3.63) is 29.8 Å². The van der Waals surface area contributed by atoms with Crippen molar-refractivity contribution in [2.75, 3.05) is 11.9 Å². The Labute approximate surface area is 110 Å². The predicted octanol–water partition coefficient (Wildman–Crippen LogP) is 3.77. The van der Waals surface area contributed by atoms with Gasteiger partial charge in [-0.25, -0.2) is 0 Å². The van der Waals surface area contributed by atoms with Gasteiger partial charge in [0.25, 0.3) is 0 Å². The van der Waals surface area contributed by atoms with Crippen molar-refractivity contribution in [2.24, 2.45) is 5.92 Å². The van der Waals surface area contributed by atoms with Gasteiger partial charge in [0, 0.05) is 18.2 Å². The van der Waals surface area contributed by atoms with Crippen molar-refractivity contribution in [1.29, 1.82) is 0 Å². The van der Waals surface area contributed by atoms with E-state index in [1.54, 1.807) is 0 Å². The molecule has 0 radical (unpaired) electrons. The topological polar surface area (TPSA) is 32.3 Å². The Balaban J connectivity index is 1.85. The number of aliphatic hydroxyl groups is 1. The maximum Gasteiger partial charge on any atom is 0.0585 e. The van der Waals surface area contributed by atoms with E-state index < -0.39 is 0 Å². The van der Waals surface area contributed by atoms with Crippen LogP contribution in [0.2, 0.25) is 0 Å². The van der Waals surface area contributed by atoms with Gasteiger partial charge < -0.3 is 10.4 Å². The molecule has 0 heterocycles. The van der Waals surface area contributed by atoms with Crippen molar-refractivity contribution in [3.63, 3.8) is 0 Å². The summed E-state index contributed by atoms with van der Waals surface area (Å²) in [5, 5.41) is 13.4. The molecular formula is C16H25NO. The average Bonchev–Trinajstić information content (AvgIpc) is 2.38. The van der Waals surface area contributed by atoms with Gasteiger partial charge in [0.15, 0.2) is 0 Å². The van der Waals surface area contributed by atoms with Gasteiger partial charge in [-0.15, -0.1) is 0 Å². The van der Waals surface area contributed by atoms with Gasteiger partial charge in [-0.2, -0.15) is 0 Å². The third kappa shape index (κ3) is 3.49. The summed E-state index contributed by atoms with van der Waals surface area (Å²) in [7, 11) is 0. The maximum atomic E-state index is 9.92. The normalized spacial score (nSPS) is 24.2. The molecule has 0 amide bonds. The molecular weight excluding hydrogens is 222 g/mol. The molecule has 1 aromatic carbocycles. The van der Waals surface area contributed by atoms with Crippen LogP contribution in [-0.2, 0) is 0 Å². The highest BCUT2D eigenvalue weighted by atomic mass is 16.3. The van der Waals surface area contributed by atoms with Gasteiger partial charge in [0.2, 0.25) is 0 Å². The molecule has 2 nitrogen and oxygen atoms in total. The minimum atomic E-state index is -0.110. The van der Waals surface area contributed by atoms with Crippen LogP contribution in [0.5, 0.6) is 0 Å². The summed E-state index contributed by atoms with van der Waals surface area (Å²) >= 11 is 0. The Morgan fingerprint density at radius 2 is 1.83 bits per heavy atom. The van der Waals surface area contributed by atoms with Crippen LogP contribution in [-0.4, -0.2) is 17.8 Å². The Morgan fingerprint density at radius 3 is 2.44 bits per heavy atom. The minimum Gasteiger partial charge on any atom is -0.393 e. The van der Waals surface area contributed by atoms with Gasteiger partial charge in [-0.1, -0.05) is 38.8 Å². The molecule has 1 aromatic rings. The van der Waals surface area contributed by atoms with Crippen LogP contribution >= 0.6 is 0 Å². The van der Waals surface area contributed by atoms with Crippen molar-refractivity contribution < 1.29 is 5.11 Å². The molecule has 0 aliphatic heterocycles. The lowest BCUT2D eigenvalue weighted by atomic mass is 9.86. The maximum absolute atomic E-state index is 9.92. The number of anilines is 1. The second kappa shape index (κ2) is 6.24. The number of nitrogens with one attached hydrogen (secondary N) is 1. The van der Waals surface area contributed by atoms with Gasteiger partial charge in [0.1, 0.15) is 0 Å². The third-order valence-corrected chi connectivity index (χ3v) is 4.01. The van der Waals surface area contributed by atoms with Crippen molar-refractivity contribution in [3.8, 4) is 0 Å². The third-order valence-electron chi connectivity index (χ3n) is 4.01. The first-order valence-electron chi connectivity index (χ1n) is 7.18. The molecule has 0 saturated heterocycles. The predicted molar refractivity (Wildman–Crippen MR) is 77.0 cm³/mol. The van der Waals surface area contributed by atoms with E-state index in [0.29, 0.717) is 11.8 Å². The smallest absolute Gasteiger partial charge is 0.0585 e. The van der Waals surface area contributed by atoms with Gasteiger partial charge in [-0.05, 0) is 36.5 Å². The van der Waals surface area contributed by atoms with Crippen LogP contribution in [0.3, 0.4) is 0 Å². The standard InChI is InChI=1S/C16H25NO/c1-12(2)13-7-9-15(10-8-13)17-11-14-5-3-4-6-16(14)18/h7-10,12,14,16-18H,3-6,11H2,1-2H3/t14-,16+/m0/s1. The Bertz CT molecular complexity index is 358. The van der Waals surface area contributed by atoms with Crippen LogP contribution in [0.15, 0.2) is 24.3 Å². The molecule has 2 N–H and O–H groups in total. The Kier molecular flexibility index (Phi) is 4.65. The van der Waals surface area contributed by atoms with Crippen molar-refractivity contribution in [2.45, 2.75) is 51.6 Å². The van der Waals surface area contributed by atoms with Crippen LogP contribution in [0.4, 0.5) is 5.69 Å². The first-order valence-corrected chi connectivity index (χ1v) is 7.18. The van der Waals surface area contributed by atoms with E-state index in [9.17, 15) is 5.11 Å². The lowest BCUT2D eigenvalue weighted by Crippen LogP contribution is -2.30. The monoisotopic (exact) mass is 247 g/mol. The molecule has 2 atom stereocenters. The summed E-state index contributed by atoms with van der Waals surface area (Å²) in [6.45, 7) is 5.31. The fraction of sp³-hybridized carbons (Fsp3) is 0.625. The molecule has 0 unspecified atom stereocenters. The first-order chi connectivity index (χ1) is 8.66. The summed E-state index contributed by atoms with van der Waals surface area (Å²) in [6, 6.07) is 8.66. The highest BCUT2D eigenvalue weighted by Gasteiger charge is 2.22. The number of rotatable bonds is 4. The molecule has 0 bridgehead atoms. The first kappa shape index (κ1) is 13.4. The highest BCUT2D eigenvalue weighted by Crippen LogP contribution is 2.25. The van der Waals surface area contributed by atoms with Crippen LogP contribution in [0.25, 0.3) is 0 Å². The zero-order chi connectivity index (χ0) is 13.0. The molecule has 1 aliphatic carbocycles. The fourth-order valence-electron chi connectivity index (χ4n) is 2.66. The highest BCUT2D eigenvalue weighted by molar-refractivity contribution is 5.45. The number of benzene rings is 1. The summed E-state index contributed by atoms with van der Waals surface area (Å²) in [4.78, 5) is 0. The Morgan fingerprint density at radius 1 is 1.17 bits per heavy atom. The lowest BCUT2D eigenvalue weighted by molar-refractivity contribution is 0.0763. The van der Waals surface area contributed by atoms with Crippen LogP contribution in [0.1, 0.15) is 51.0 Å². The quantitative estimate of drug-likeness (QED) is 0.848. The average molecular weight is 247 g/mol. The van der Waals surface area contributed by atoms with E-state index in [2.05, 4.69) is 43.4 Å². The zero-order valence-corrected chi connectivity index (χ0v) is 11.5. The molecule has 0 spiro atoms. The van der Waals surface area contributed by atoms with Gasteiger partial charge in [-0.3, -0.25) is 0 Å². The van der Waals surface area contributed by atoms with Crippen LogP contribution in [0, 0.1) is 5.92 Å². The van der Waals surface area contributed by atoms with Crippen LogP contribution < -0.4 is 5.32 Å². The lowest BCUT2D eigenvalue weighted by Gasteiger charge is -2.28. The number of hydrogen-bond acceptors (Lipinski definition) is 2. The van der Waals surface area contributed by atoms with Crippen molar-refractivity contribution >= 4 is 5.69 Å². The second-order valence-corrected chi connectivity index (χ2v) is 5.77. The minimum absolute atomic E-state index is 0.110. The molecule has 1 aliphatic rings. The Hall–Kier alpha value is -1.02. The zero-order valence-electron chi connectivity index (χ0n) is 11.5. The summed E-state index contributed by atoms with van der Waals surface area (Å²) in [6.07, 6.45) is 4.45. The SMILES string of the molecule is CC(C)c1ccc(NC[C@@H]2CCCC[C@H]2O)cc1. The van der Waals surface area contributed by atoms with Gasteiger partial charge in [0.05, 0.1) is 6.10 Å².